The van der Waals surface area contributed by atoms with Crippen molar-refractivity contribution >= 4 is 33.8 Å². The minimum Gasteiger partial charge on any atom is -0.396 e. The summed E-state index contributed by atoms with van der Waals surface area (Å²) in [7, 11) is 0. The van der Waals surface area contributed by atoms with E-state index >= 15 is 0 Å². The third-order valence-corrected chi connectivity index (χ3v) is 4.45. The topological polar surface area (TPSA) is 53.0 Å². The van der Waals surface area contributed by atoms with E-state index < -0.39 is 0 Å². The summed E-state index contributed by atoms with van der Waals surface area (Å²) < 4.78 is 0. The van der Waals surface area contributed by atoms with Crippen molar-refractivity contribution in [1.82, 2.24) is 0 Å². The minimum atomic E-state index is 0.649. The number of thiophene rings is 1. The van der Waals surface area contributed by atoms with Gasteiger partial charge in [-0.05, 0) is 12.7 Å². The Balaban J connectivity index is 2.43. The smallest absolute Gasteiger partial charge is 0.131 e. The molecule has 1 fully saturated rings. The number of rotatable bonds is 2. The molecular weight excluding hydrogens is 214 g/mol. The van der Waals surface area contributed by atoms with Gasteiger partial charge >= 0.3 is 0 Å². The van der Waals surface area contributed by atoms with Gasteiger partial charge in [-0.25, -0.2) is 0 Å². The summed E-state index contributed by atoms with van der Waals surface area (Å²) in [6.07, 6.45) is 3.25. The number of hydrogen-bond donors (Lipinski definition) is 1. The molecule has 1 aromatic rings. The average molecular weight is 225 g/mol. The Kier molecular flexibility index (Phi) is 2.57. The molecule has 0 amide bonds. The molecule has 2 heterocycles. The Morgan fingerprint density at radius 2 is 2.29 bits per heavy atom. The van der Waals surface area contributed by atoms with E-state index in [-0.39, 0.29) is 0 Å². The lowest BCUT2D eigenvalue weighted by atomic mass is 10.2. The van der Waals surface area contributed by atoms with Gasteiger partial charge in [-0.1, -0.05) is 0 Å². The fourth-order valence-electron chi connectivity index (χ4n) is 1.42. The van der Waals surface area contributed by atoms with Crippen LogP contribution in [0.15, 0.2) is 4.90 Å². The van der Waals surface area contributed by atoms with Crippen molar-refractivity contribution in [3.63, 3.8) is 0 Å². The molecule has 1 aliphatic heterocycles. The van der Waals surface area contributed by atoms with Crippen molar-refractivity contribution in [2.75, 3.05) is 30.0 Å². The summed E-state index contributed by atoms with van der Waals surface area (Å²) in [6.45, 7) is 2.19. The molecule has 0 bridgehead atoms. The second-order valence-electron chi connectivity index (χ2n) is 3.14. The monoisotopic (exact) mass is 225 g/mol. The van der Waals surface area contributed by atoms with Gasteiger partial charge in [0.25, 0.3) is 0 Å². The van der Waals surface area contributed by atoms with Crippen LogP contribution in [0, 0.1) is 11.3 Å². The average Bonchev–Trinajstić information content (AvgIpc) is 2.40. The summed E-state index contributed by atoms with van der Waals surface area (Å²) >= 11 is 3.14. The molecule has 2 N–H and O–H groups in total. The van der Waals surface area contributed by atoms with Crippen LogP contribution in [-0.2, 0) is 0 Å². The van der Waals surface area contributed by atoms with Crippen LogP contribution in [0.2, 0.25) is 0 Å². The van der Waals surface area contributed by atoms with Gasteiger partial charge in [0.1, 0.15) is 15.9 Å². The Bertz CT molecular complexity index is 387. The molecule has 14 heavy (non-hydrogen) atoms. The number of nitriles is 1. The van der Waals surface area contributed by atoms with E-state index in [0.717, 1.165) is 18.0 Å². The van der Waals surface area contributed by atoms with E-state index in [1.54, 1.807) is 11.8 Å². The van der Waals surface area contributed by atoms with Gasteiger partial charge in [0, 0.05) is 13.1 Å². The van der Waals surface area contributed by atoms with Crippen LogP contribution in [0.3, 0.4) is 0 Å². The molecule has 0 radical (unpaired) electrons. The standard InChI is InChI=1S/C9H11N3S2/c1-13-8-7(11)6(5-10)14-9(8)12-3-2-4-12/h2-4,11H2,1H3. The summed E-state index contributed by atoms with van der Waals surface area (Å²) in [4.78, 5) is 4.01. The first-order valence-corrected chi connectivity index (χ1v) is 6.43. The Hall–Kier alpha value is -0.860. The third kappa shape index (κ3) is 1.35. The SMILES string of the molecule is CSc1c(N2CCC2)sc(C#N)c1N. The van der Waals surface area contributed by atoms with Crippen molar-refractivity contribution in [3.8, 4) is 6.07 Å². The van der Waals surface area contributed by atoms with E-state index in [0.29, 0.717) is 10.6 Å². The second kappa shape index (κ2) is 3.71. The quantitative estimate of drug-likeness (QED) is 0.783. The van der Waals surface area contributed by atoms with E-state index in [2.05, 4.69) is 11.0 Å². The first-order chi connectivity index (χ1) is 6.77. The Morgan fingerprint density at radius 1 is 1.57 bits per heavy atom. The number of thioether (sulfide) groups is 1. The van der Waals surface area contributed by atoms with Crippen molar-refractivity contribution in [2.24, 2.45) is 0 Å². The molecular formula is C9H11N3S2. The zero-order valence-electron chi connectivity index (χ0n) is 7.91. The lowest BCUT2D eigenvalue weighted by Crippen LogP contribution is -2.36. The fraction of sp³-hybridized carbons (Fsp3) is 0.444. The molecule has 1 aromatic heterocycles. The maximum Gasteiger partial charge on any atom is 0.131 e. The largest absolute Gasteiger partial charge is 0.396 e. The number of nitrogen functional groups attached to an aromatic ring is 1. The van der Waals surface area contributed by atoms with Crippen molar-refractivity contribution in [2.45, 2.75) is 11.3 Å². The van der Waals surface area contributed by atoms with Gasteiger partial charge in [0.15, 0.2) is 0 Å². The van der Waals surface area contributed by atoms with E-state index in [4.69, 9.17) is 11.0 Å². The highest BCUT2D eigenvalue weighted by atomic mass is 32.2. The molecule has 0 unspecified atom stereocenters. The van der Waals surface area contributed by atoms with Gasteiger partial charge in [-0.15, -0.1) is 23.1 Å². The van der Waals surface area contributed by atoms with Gasteiger partial charge < -0.3 is 10.6 Å². The minimum absolute atomic E-state index is 0.649. The Labute approximate surface area is 91.5 Å². The second-order valence-corrected chi connectivity index (χ2v) is 4.95. The number of hydrogen-bond acceptors (Lipinski definition) is 5. The van der Waals surface area contributed by atoms with Gasteiger partial charge in [-0.2, -0.15) is 5.26 Å². The lowest BCUT2D eigenvalue weighted by Gasteiger charge is -2.32. The molecule has 0 saturated carbocycles. The number of nitrogens with zero attached hydrogens (tertiary/aromatic N) is 2. The van der Waals surface area contributed by atoms with Gasteiger partial charge in [0.05, 0.1) is 10.6 Å². The van der Waals surface area contributed by atoms with Crippen LogP contribution in [0.4, 0.5) is 10.7 Å². The molecule has 0 atom stereocenters. The zero-order valence-corrected chi connectivity index (χ0v) is 9.54. The van der Waals surface area contributed by atoms with E-state index in [1.807, 2.05) is 6.26 Å². The molecule has 3 nitrogen and oxygen atoms in total. The normalized spacial score (nSPS) is 15.0. The highest BCUT2D eigenvalue weighted by Crippen LogP contribution is 2.44. The molecule has 5 heteroatoms. The molecule has 1 saturated heterocycles. The van der Waals surface area contributed by atoms with Crippen LogP contribution in [0.25, 0.3) is 0 Å². The highest BCUT2D eigenvalue weighted by molar-refractivity contribution is 7.99. The maximum atomic E-state index is 8.88. The number of anilines is 2. The third-order valence-electron chi connectivity index (χ3n) is 2.33. The summed E-state index contributed by atoms with van der Waals surface area (Å²) in [6, 6.07) is 2.15. The van der Waals surface area contributed by atoms with Gasteiger partial charge in [-0.3, -0.25) is 0 Å². The molecule has 1 aliphatic rings. The van der Waals surface area contributed by atoms with E-state index in [1.165, 1.54) is 22.8 Å². The molecule has 2 rings (SSSR count). The summed E-state index contributed by atoms with van der Waals surface area (Å²) in [5, 5.41) is 10.1. The summed E-state index contributed by atoms with van der Waals surface area (Å²) in [5.41, 5.74) is 6.54. The molecule has 0 aliphatic carbocycles. The summed E-state index contributed by atoms with van der Waals surface area (Å²) in [5.74, 6) is 0. The van der Waals surface area contributed by atoms with Crippen LogP contribution >= 0.6 is 23.1 Å². The Morgan fingerprint density at radius 3 is 2.71 bits per heavy atom. The van der Waals surface area contributed by atoms with Crippen molar-refractivity contribution in [1.29, 1.82) is 5.26 Å². The first-order valence-electron chi connectivity index (χ1n) is 4.39. The van der Waals surface area contributed by atoms with Gasteiger partial charge in [0.2, 0.25) is 0 Å². The van der Waals surface area contributed by atoms with E-state index in [9.17, 15) is 0 Å². The predicted molar refractivity (Wildman–Crippen MR) is 62.1 cm³/mol. The van der Waals surface area contributed by atoms with Crippen LogP contribution < -0.4 is 10.6 Å². The predicted octanol–water partition coefficient (Wildman–Crippen LogP) is 2.13. The van der Waals surface area contributed by atoms with Crippen LogP contribution in [-0.4, -0.2) is 19.3 Å². The maximum absolute atomic E-state index is 8.88. The lowest BCUT2D eigenvalue weighted by molar-refractivity contribution is 0.619. The van der Waals surface area contributed by atoms with Crippen molar-refractivity contribution in [3.05, 3.63) is 4.88 Å². The molecule has 0 aromatic carbocycles. The zero-order chi connectivity index (χ0) is 10.1. The highest BCUT2D eigenvalue weighted by Gasteiger charge is 2.23. The van der Waals surface area contributed by atoms with Crippen molar-refractivity contribution < 1.29 is 0 Å². The number of nitrogens with two attached hydrogens (primary N) is 1. The molecule has 74 valence electrons. The first kappa shape index (κ1) is 9.69. The van der Waals surface area contributed by atoms with Crippen LogP contribution in [0.1, 0.15) is 11.3 Å². The molecule has 0 spiro atoms. The fourth-order valence-corrected chi connectivity index (χ4v) is 3.45. The van der Waals surface area contributed by atoms with Crippen LogP contribution in [0.5, 0.6) is 0 Å².